The van der Waals surface area contributed by atoms with Crippen LogP contribution in [0.4, 0.5) is 0 Å². The Morgan fingerprint density at radius 2 is 1.65 bits per heavy atom. The summed E-state index contributed by atoms with van der Waals surface area (Å²) in [6, 6.07) is 18.7. The van der Waals surface area contributed by atoms with Gasteiger partial charge in [-0.15, -0.1) is 0 Å². The minimum absolute atomic E-state index is 0.507. The molecule has 2 fully saturated rings. The van der Waals surface area contributed by atoms with Crippen LogP contribution < -0.4 is 4.74 Å². The first-order valence-corrected chi connectivity index (χ1v) is 9.71. The molecule has 4 rings (SSSR count). The van der Waals surface area contributed by atoms with Crippen LogP contribution in [0.15, 0.2) is 54.6 Å². The first-order chi connectivity index (χ1) is 12.6. The Morgan fingerprint density at radius 3 is 2.23 bits per heavy atom. The molecule has 3 nitrogen and oxygen atoms in total. The number of fused-ring (bicyclic) bond motifs is 1. The fourth-order valence-electron chi connectivity index (χ4n) is 5.01. The van der Waals surface area contributed by atoms with Gasteiger partial charge in [0, 0.05) is 19.6 Å². The van der Waals surface area contributed by atoms with Crippen LogP contribution in [0.1, 0.15) is 36.8 Å². The second kappa shape index (κ2) is 7.05. The maximum atomic E-state index is 11.1. The molecule has 2 aliphatic rings. The van der Waals surface area contributed by atoms with Gasteiger partial charge in [-0.2, -0.15) is 0 Å². The fraction of sp³-hybridized carbons (Fsp3) is 0.478. The molecule has 0 amide bonds. The van der Waals surface area contributed by atoms with Crippen LogP contribution in [-0.2, 0) is 5.60 Å². The van der Waals surface area contributed by atoms with Crippen LogP contribution >= 0.6 is 0 Å². The Kier molecular flexibility index (Phi) is 4.76. The van der Waals surface area contributed by atoms with Crippen molar-refractivity contribution in [3.8, 4) is 5.75 Å². The maximum absolute atomic E-state index is 11.1. The summed E-state index contributed by atoms with van der Waals surface area (Å²) in [7, 11) is 1.71. The van der Waals surface area contributed by atoms with E-state index in [-0.39, 0.29) is 0 Å². The molecule has 138 valence electrons. The third-order valence-corrected chi connectivity index (χ3v) is 6.38. The lowest BCUT2D eigenvalue weighted by molar-refractivity contribution is 0.0312. The zero-order chi connectivity index (χ0) is 18.1. The van der Waals surface area contributed by atoms with Gasteiger partial charge in [-0.05, 0) is 53.9 Å². The molecule has 0 bridgehead atoms. The van der Waals surface area contributed by atoms with Gasteiger partial charge in [-0.1, -0.05) is 49.4 Å². The Morgan fingerprint density at radius 1 is 1.04 bits per heavy atom. The van der Waals surface area contributed by atoms with E-state index in [0.29, 0.717) is 17.8 Å². The van der Waals surface area contributed by atoms with Crippen molar-refractivity contribution in [1.82, 2.24) is 4.90 Å². The molecule has 2 aromatic carbocycles. The molecule has 4 atom stereocenters. The van der Waals surface area contributed by atoms with E-state index in [1.165, 1.54) is 5.56 Å². The molecule has 1 saturated heterocycles. The van der Waals surface area contributed by atoms with Gasteiger partial charge < -0.3 is 14.7 Å². The van der Waals surface area contributed by atoms with Crippen LogP contribution in [0.2, 0.25) is 0 Å². The topological polar surface area (TPSA) is 32.7 Å². The minimum Gasteiger partial charge on any atom is -0.497 e. The molecule has 1 aliphatic carbocycles. The van der Waals surface area contributed by atoms with Crippen LogP contribution in [-0.4, -0.2) is 36.8 Å². The van der Waals surface area contributed by atoms with Gasteiger partial charge in [-0.3, -0.25) is 0 Å². The molecule has 0 spiro atoms. The monoisotopic (exact) mass is 351 g/mol. The van der Waals surface area contributed by atoms with Crippen molar-refractivity contribution >= 4 is 0 Å². The number of ether oxygens (including phenoxy) is 1. The summed E-state index contributed by atoms with van der Waals surface area (Å²) in [4.78, 5) is 2.59. The highest BCUT2D eigenvalue weighted by Crippen LogP contribution is 2.49. The van der Waals surface area contributed by atoms with Gasteiger partial charge >= 0.3 is 0 Å². The van der Waals surface area contributed by atoms with Crippen molar-refractivity contribution in [1.29, 1.82) is 0 Å². The summed E-state index contributed by atoms with van der Waals surface area (Å²) in [5, 5.41) is 11.1. The molecule has 0 radical (unpaired) electrons. The highest BCUT2D eigenvalue weighted by Gasteiger charge is 2.48. The maximum Gasteiger partial charge on any atom is 0.118 e. The van der Waals surface area contributed by atoms with E-state index < -0.39 is 5.60 Å². The van der Waals surface area contributed by atoms with E-state index in [1.807, 2.05) is 30.3 Å². The average Bonchev–Trinajstić information content (AvgIpc) is 3.17. The van der Waals surface area contributed by atoms with Crippen molar-refractivity contribution in [3.63, 3.8) is 0 Å². The number of aliphatic hydroxyl groups is 1. The molecule has 1 N–H and O–H groups in total. The number of benzene rings is 2. The van der Waals surface area contributed by atoms with Crippen molar-refractivity contribution in [2.24, 2.45) is 11.8 Å². The van der Waals surface area contributed by atoms with Crippen molar-refractivity contribution in [2.45, 2.75) is 31.3 Å². The largest absolute Gasteiger partial charge is 0.497 e. The van der Waals surface area contributed by atoms with Crippen LogP contribution in [0.25, 0.3) is 0 Å². The Labute approximate surface area is 156 Å². The molecule has 2 unspecified atom stereocenters. The molecule has 0 aromatic heterocycles. The Bertz CT molecular complexity index is 714. The number of likely N-dealkylation sites (tertiary alicyclic amines) is 1. The van der Waals surface area contributed by atoms with Crippen molar-refractivity contribution < 1.29 is 9.84 Å². The molecule has 1 heterocycles. The van der Waals surface area contributed by atoms with Crippen LogP contribution in [0.5, 0.6) is 5.75 Å². The lowest BCUT2D eigenvalue weighted by Crippen LogP contribution is -2.30. The number of hydrogen-bond donors (Lipinski definition) is 1. The fourth-order valence-corrected chi connectivity index (χ4v) is 5.01. The zero-order valence-corrected chi connectivity index (χ0v) is 15.8. The molecule has 1 saturated carbocycles. The number of nitrogens with zero attached hydrogens (tertiary/aromatic N) is 1. The van der Waals surface area contributed by atoms with E-state index in [9.17, 15) is 5.11 Å². The Hall–Kier alpha value is -1.84. The minimum atomic E-state index is -0.621. The second-order valence-corrected chi connectivity index (χ2v) is 8.22. The smallest absolute Gasteiger partial charge is 0.118 e. The van der Waals surface area contributed by atoms with Crippen LogP contribution in [0, 0.1) is 11.8 Å². The standard InChI is InChI=1S/C23H29NO2/c1-17(18-8-10-22(26-2)11-9-18)14-24-15-19-12-23(25,13-20(19)16-24)21-6-4-3-5-7-21/h3-11,17,19-20,25H,12-16H2,1-2H3/t17?,19-,20+,23?. The van der Waals surface area contributed by atoms with Gasteiger partial charge in [0.2, 0.25) is 0 Å². The summed E-state index contributed by atoms with van der Waals surface area (Å²) in [6.07, 6.45) is 1.80. The summed E-state index contributed by atoms with van der Waals surface area (Å²) >= 11 is 0. The molecule has 2 aromatic rings. The van der Waals surface area contributed by atoms with E-state index >= 15 is 0 Å². The van der Waals surface area contributed by atoms with Crippen molar-refractivity contribution in [2.75, 3.05) is 26.7 Å². The Balaban J connectivity index is 1.36. The van der Waals surface area contributed by atoms with Gasteiger partial charge in [0.15, 0.2) is 0 Å². The van der Waals surface area contributed by atoms with Gasteiger partial charge in [0.25, 0.3) is 0 Å². The van der Waals surface area contributed by atoms with E-state index in [0.717, 1.165) is 43.8 Å². The predicted molar refractivity (Wildman–Crippen MR) is 104 cm³/mol. The predicted octanol–water partition coefficient (Wildman–Crippen LogP) is 4.03. The SMILES string of the molecule is COc1ccc(C(C)CN2C[C@@H]3CC(O)(c4ccccc4)C[C@@H]3C2)cc1. The van der Waals surface area contributed by atoms with E-state index in [2.05, 4.69) is 36.1 Å². The van der Waals surface area contributed by atoms with Gasteiger partial charge in [0.05, 0.1) is 12.7 Å². The normalized spacial score (nSPS) is 29.5. The first-order valence-electron chi connectivity index (χ1n) is 9.71. The summed E-state index contributed by atoms with van der Waals surface area (Å²) < 4.78 is 5.25. The quantitative estimate of drug-likeness (QED) is 0.883. The first kappa shape index (κ1) is 17.6. The highest BCUT2D eigenvalue weighted by atomic mass is 16.5. The highest BCUT2D eigenvalue weighted by molar-refractivity contribution is 5.29. The summed E-state index contributed by atoms with van der Waals surface area (Å²) in [5.41, 5.74) is 1.83. The third-order valence-electron chi connectivity index (χ3n) is 6.38. The second-order valence-electron chi connectivity index (χ2n) is 8.22. The molecule has 3 heteroatoms. The number of hydrogen-bond acceptors (Lipinski definition) is 3. The number of rotatable bonds is 5. The molecule has 1 aliphatic heterocycles. The summed E-state index contributed by atoms with van der Waals surface area (Å²) in [5.74, 6) is 2.65. The number of methoxy groups -OCH3 is 1. The van der Waals surface area contributed by atoms with Crippen molar-refractivity contribution in [3.05, 3.63) is 65.7 Å². The lowest BCUT2D eigenvalue weighted by Gasteiger charge is -2.27. The third kappa shape index (κ3) is 3.38. The average molecular weight is 351 g/mol. The lowest BCUT2D eigenvalue weighted by atomic mass is 9.90. The van der Waals surface area contributed by atoms with Gasteiger partial charge in [0.1, 0.15) is 5.75 Å². The summed E-state index contributed by atoms with van der Waals surface area (Å²) in [6.45, 7) is 5.61. The van der Waals surface area contributed by atoms with Gasteiger partial charge in [-0.25, -0.2) is 0 Å². The van der Waals surface area contributed by atoms with E-state index in [1.54, 1.807) is 7.11 Å². The molecule has 26 heavy (non-hydrogen) atoms. The molecular weight excluding hydrogens is 322 g/mol. The molecular formula is C23H29NO2. The van der Waals surface area contributed by atoms with Crippen LogP contribution in [0.3, 0.4) is 0 Å². The zero-order valence-electron chi connectivity index (χ0n) is 15.8. The van der Waals surface area contributed by atoms with E-state index in [4.69, 9.17) is 4.74 Å².